The first-order valence-electron chi connectivity index (χ1n) is 3.78. The van der Waals surface area contributed by atoms with Crippen molar-refractivity contribution in [3.63, 3.8) is 0 Å². The molecular formula is C9H5BrClNS2. The summed E-state index contributed by atoms with van der Waals surface area (Å²) in [5, 5.41) is 2.40. The van der Waals surface area contributed by atoms with Crippen LogP contribution >= 0.6 is 50.6 Å². The Morgan fingerprint density at radius 3 is 2.57 bits per heavy atom. The van der Waals surface area contributed by atoms with Crippen molar-refractivity contribution in [2.75, 3.05) is 0 Å². The fourth-order valence-electron chi connectivity index (χ4n) is 0.889. The van der Waals surface area contributed by atoms with E-state index in [0.29, 0.717) is 5.15 Å². The Kier molecular flexibility index (Phi) is 3.49. The second-order valence-electron chi connectivity index (χ2n) is 2.49. The zero-order valence-electron chi connectivity index (χ0n) is 6.91. The van der Waals surface area contributed by atoms with Gasteiger partial charge in [0.1, 0.15) is 5.15 Å². The molecule has 0 bridgehead atoms. The molecule has 0 atom stereocenters. The molecule has 0 saturated carbocycles. The summed E-state index contributed by atoms with van der Waals surface area (Å²) in [5.74, 6) is 0. The van der Waals surface area contributed by atoms with Crippen molar-refractivity contribution in [3.8, 4) is 0 Å². The van der Waals surface area contributed by atoms with E-state index in [1.165, 1.54) is 4.90 Å². The van der Waals surface area contributed by atoms with Crippen LogP contribution < -0.4 is 0 Å². The molecule has 5 heteroatoms. The van der Waals surface area contributed by atoms with E-state index >= 15 is 0 Å². The Balaban J connectivity index is 2.15. The van der Waals surface area contributed by atoms with Gasteiger partial charge in [-0.05, 0) is 24.3 Å². The Morgan fingerprint density at radius 2 is 2.00 bits per heavy atom. The van der Waals surface area contributed by atoms with Crippen molar-refractivity contribution in [2.45, 2.75) is 9.24 Å². The van der Waals surface area contributed by atoms with Crippen molar-refractivity contribution in [2.24, 2.45) is 0 Å². The lowest BCUT2D eigenvalue weighted by molar-refractivity contribution is 1.24. The predicted molar refractivity (Wildman–Crippen MR) is 65.4 cm³/mol. The SMILES string of the molecule is Clc1csc(Sc2ccc(Br)cc2)n1. The van der Waals surface area contributed by atoms with E-state index < -0.39 is 0 Å². The highest BCUT2D eigenvalue weighted by atomic mass is 79.9. The van der Waals surface area contributed by atoms with Gasteiger partial charge >= 0.3 is 0 Å². The molecule has 0 N–H and O–H groups in total. The van der Waals surface area contributed by atoms with Crippen LogP contribution in [-0.2, 0) is 0 Å². The fourth-order valence-corrected chi connectivity index (χ4v) is 3.12. The van der Waals surface area contributed by atoms with E-state index in [2.05, 4.69) is 20.9 Å². The Morgan fingerprint density at radius 1 is 1.29 bits per heavy atom. The minimum Gasteiger partial charge on any atom is -0.218 e. The van der Waals surface area contributed by atoms with Crippen LogP contribution in [-0.4, -0.2) is 4.98 Å². The number of hydrogen-bond donors (Lipinski definition) is 0. The van der Waals surface area contributed by atoms with E-state index in [9.17, 15) is 0 Å². The van der Waals surface area contributed by atoms with Crippen LogP contribution in [0.25, 0.3) is 0 Å². The molecule has 2 rings (SSSR count). The maximum absolute atomic E-state index is 5.73. The third kappa shape index (κ3) is 2.73. The van der Waals surface area contributed by atoms with E-state index in [1.54, 1.807) is 23.1 Å². The summed E-state index contributed by atoms with van der Waals surface area (Å²) >= 11 is 12.3. The van der Waals surface area contributed by atoms with Crippen molar-refractivity contribution < 1.29 is 0 Å². The average Bonchev–Trinajstić information content (AvgIpc) is 2.56. The zero-order valence-corrected chi connectivity index (χ0v) is 10.9. The summed E-state index contributed by atoms with van der Waals surface area (Å²) in [6, 6.07) is 8.11. The molecule has 1 aromatic carbocycles. The molecule has 72 valence electrons. The van der Waals surface area contributed by atoms with Crippen molar-refractivity contribution in [3.05, 3.63) is 39.3 Å². The smallest absolute Gasteiger partial charge is 0.156 e. The van der Waals surface area contributed by atoms with Crippen LogP contribution in [0.15, 0.2) is 43.4 Å². The number of halogens is 2. The first-order valence-corrected chi connectivity index (χ1v) is 6.65. The molecule has 0 aliphatic heterocycles. The molecule has 14 heavy (non-hydrogen) atoms. The summed E-state index contributed by atoms with van der Waals surface area (Å²) in [7, 11) is 0. The second-order valence-corrected chi connectivity index (χ2v) is 5.97. The summed E-state index contributed by atoms with van der Waals surface area (Å²) < 4.78 is 2.05. The highest BCUT2D eigenvalue weighted by Gasteiger charge is 2.01. The maximum atomic E-state index is 5.73. The second kappa shape index (κ2) is 4.66. The lowest BCUT2D eigenvalue weighted by Gasteiger charge is -1.96. The molecule has 0 radical (unpaired) electrons. The molecule has 0 spiro atoms. The standard InChI is InChI=1S/C9H5BrClNS2/c10-6-1-3-7(4-2-6)14-9-12-8(11)5-13-9/h1-5H. The number of hydrogen-bond acceptors (Lipinski definition) is 3. The molecule has 0 fully saturated rings. The van der Waals surface area contributed by atoms with E-state index in [-0.39, 0.29) is 0 Å². The molecular weight excluding hydrogens is 302 g/mol. The van der Waals surface area contributed by atoms with Crippen LogP contribution in [0.1, 0.15) is 0 Å². The van der Waals surface area contributed by atoms with Gasteiger partial charge in [0.15, 0.2) is 4.34 Å². The minimum absolute atomic E-state index is 0.564. The van der Waals surface area contributed by atoms with Crippen LogP contribution in [0, 0.1) is 0 Å². The van der Waals surface area contributed by atoms with Gasteiger partial charge < -0.3 is 0 Å². The molecule has 1 heterocycles. The molecule has 0 amide bonds. The van der Waals surface area contributed by atoms with Crippen LogP contribution in [0.4, 0.5) is 0 Å². The maximum Gasteiger partial charge on any atom is 0.156 e. The summed E-state index contributed by atoms with van der Waals surface area (Å²) in [4.78, 5) is 5.33. The van der Waals surface area contributed by atoms with Crippen LogP contribution in [0.3, 0.4) is 0 Å². The zero-order chi connectivity index (χ0) is 9.97. The molecule has 0 aliphatic carbocycles. The third-order valence-corrected chi connectivity index (χ3v) is 4.27. The highest BCUT2D eigenvalue weighted by Crippen LogP contribution is 2.31. The molecule has 2 aromatic rings. The molecule has 0 unspecified atom stereocenters. The van der Waals surface area contributed by atoms with Crippen molar-refractivity contribution >= 4 is 50.6 Å². The summed E-state index contributed by atoms with van der Waals surface area (Å²) in [6.45, 7) is 0. The Hall–Kier alpha value is -0.0300. The summed E-state index contributed by atoms with van der Waals surface area (Å²) in [5.41, 5.74) is 0. The largest absolute Gasteiger partial charge is 0.218 e. The minimum atomic E-state index is 0.564. The lowest BCUT2D eigenvalue weighted by Crippen LogP contribution is -1.71. The molecule has 1 nitrogen and oxygen atoms in total. The van der Waals surface area contributed by atoms with E-state index in [0.717, 1.165) is 8.81 Å². The molecule has 0 aliphatic rings. The van der Waals surface area contributed by atoms with E-state index in [4.69, 9.17) is 11.6 Å². The van der Waals surface area contributed by atoms with Gasteiger partial charge in [0.05, 0.1) is 0 Å². The van der Waals surface area contributed by atoms with E-state index in [1.807, 2.05) is 29.6 Å². The van der Waals surface area contributed by atoms with Crippen molar-refractivity contribution in [1.82, 2.24) is 4.98 Å². The van der Waals surface area contributed by atoms with Gasteiger partial charge in [0.2, 0.25) is 0 Å². The Labute approximate surface area is 104 Å². The fraction of sp³-hybridized carbons (Fsp3) is 0. The number of benzene rings is 1. The third-order valence-electron chi connectivity index (χ3n) is 1.47. The number of thiazole rings is 1. The lowest BCUT2D eigenvalue weighted by atomic mass is 10.4. The number of nitrogens with zero attached hydrogens (tertiary/aromatic N) is 1. The van der Waals surface area contributed by atoms with Gasteiger partial charge in [-0.25, -0.2) is 4.98 Å². The first-order chi connectivity index (χ1) is 6.74. The Bertz CT molecular complexity index is 427. The average molecular weight is 307 g/mol. The van der Waals surface area contributed by atoms with Crippen LogP contribution in [0.5, 0.6) is 0 Å². The van der Waals surface area contributed by atoms with Gasteiger partial charge in [-0.1, -0.05) is 39.3 Å². The summed E-state index contributed by atoms with van der Waals surface area (Å²) in [6.07, 6.45) is 0. The number of aromatic nitrogens is 1. The van der Waals surface area contributed by atoms with Crippen molar-refractivity contribution in [1.29, 1.82) is 0 Å². The first kappa shape index (κ1) is 10.5. The van der Waals surface area contributed by atoms with Crippen LogP contribution in [0.2, 0.25) is 5.15 Å². The molecule has 0 saturated heterocycles. The molecule has 1 aromatic heterocycles. The normalized spacial score (nSPS) is 10.4. The van der Waals surface area contributed by atoms with Gasteiger partial charge in [-0.15, -0.1) is 11.3 Å². The monoisotopic (exact) mass is 305 g/mol. The highest BCUT2D eigenvalue weighted by molar-refractivity contribution is 9.10. The van der Waals surface area contributed by atoms with Gasteiger partial charge in [0, 0.05) is 14.7 Å². The van der Waals surface area contributed by atoms with Gasteiger partial charge in [0.25, 0.3) is 0 Å². The predicted octanol–water partition coefficient (Wildman–Crippen LogP) is 4.71. The quantitative estimate of drug-likeness (QED) is 0.797. The topological polar surface area (TPSA) is 12.9 Å². The number of rotatable bonds is 2. The van der Waals surface area contributed by atoms with Gasteiger partial charge in [-0.2, -0.15) is 0 Å². The van der Waals surface area contributed by atoms with Gasteiger partial charge in [-0.3, -0.25) is 0 Å².